The van der Waals surface area contributed by atoms with Crippen LogP contribution in [0, 0.1) is 0 Å². The van der Waals surface area contributed by atoms with Crippen molar-refractivity contribution in [2.24, 2.45) is 0 Å². The number of furan rings is 1. The molecule has 4 aromatic carbocycles. The number of anilines is 3. The van der Waals surface area contributed by atoms with E-state index >= 15 is 0 Å². The summed E-state index contributed by atoms with van der Waals surface area (Å²) in [5.74, 6) is 1.53. The van der Waals surface area contributed by atoms with Crippen molar-refractivity contribution in [2.45, 2.75) is 0 Å². The van der Waals surface area contributed by atoms with E-state index in [9.17, 15) is 0 Å². The molecule has 134 valence electrons. The molecule has 1 aromatic heterocycles. The van der Waals surface area contributed by atoms with Crippen molar-refractivity contribution in [3.8, 4) is 11.5 Å². The molecular weight excluding hydrogens is 370 g/mol. The first-order valence-corrected chi connectivity index (χ1v) is 9.44. The summed E-state index contributed by atoms with van der Waals surface area (Å²) in [6.45, 7) is 0. The molecule has 4 heteroatoms. The third kappa shape index (κ3) is 2.23. The minimum absolute atomic E-state index is 0.644. The molecule has 0 atom stereocenters. The van der Waals surface area contributed by atoms with Crippen LogP contribution < -0.4 is 9.64 Å². The fourth-order valence-corrected chi connectivity index (χ4v) is 4.02. The lowest BCUT2D eigenvalue weighted by Crippen LogP contribution is -2.15. The van der Waals surface area contributed by atoms with Gasteiger partial charge in [-0.3, -0.25) is 0 Å². The maximum atomic E-state index is 6.21. The lowest BCUT2D eigenvalue weighted by Gasteiger charge is -2.32. The molecule has 0 radical (unpaired) electrons. The number of hydrogen-bond donors (Lipinski definition) is 0. The summed E-state index contributed by atoms with van der Waals surface area (Å²) in [4.78, 5) is 2.18. The van der Waals surface area contributed by atoms with Crippen molar-refractivity contribution in [2.75, 3.05) is 4.90 Å². The predicted molar refractivity (Wildman–Crippen MR) is 113 cm³/mol. The summed E-state index contributed by atoms with van der Waals surface area (Å²) in [6, 6.07) is 28.1. The number of para-hydroxylation sites is 3. The van der Waals surface area contributed by atoms with Gasteiger partial charge in [-0.1, -0.05) is 41.9 Å². The molecule has 0 amide bonds. The van der Waals surface area contributed by atoms with E-state index in [1.807, 2.05) is 54.6 Å². The highest BCUT2D eigenvalue weighted by molar-refractivity contribution is 6.30. The molecular formula is C24H14ClNO2. The van der Waals surface area contributed by atoms with Gasteiger partial charge >= 0.3 is 0 Å². The Hall–Kier alpha value is -3.43. The van der Waals surface area contributed by atoms with Gasteiger partial charge in [0.1, 0.15) is 11.2 Å². The number of fused-ring (bicyclic) bond motifs is 5. The van der Waals surface area contributed by atoms with E-state index < -0.39 is 0 Å². The Labute approximate surface area is 166 Å². The zero-order valence-electron chi connectivity index (χ0n) is 14.7. The van der Waals surface area contributed by atoms with E-state index in [1.165, 1.54) is 0 Å². The van der Waals surface area contributed by atoms with Crippen LogP contribution in [0.4, 0.5) is 17.1 Å². The summed E-state index contributed by atoms with van der Waals surface area (Å²) < 4.78 is 12.2. The minimum Gasteiger partial charge on any atom is -0.456 e. The SMILES string of the molecule is Clc1ccc2c(c1)Oc1ccccc1N2c1ccc2c(c1)oc1ccccc12. The van der Waals surface area contributed by atoms with Gasteiger partial charge in [0.15, 0.2) is 11.5 Å². The lowest BCUT2D eigenvalue weighted by molar-refractivity contribution is 0.477. The van der Waals surface area contributed by atoms with Crippen LogP contribution in [-0.4, -0.2) is 0 Å². The molecule has 0 saturated heterocycles. The van der Waals surface area contributed by atoms with Crippen molar-refractivity contribution >= 4 is 50.6 Å². The molecule has 3 nitrogen and oxygen atoms in total. The largest absolute Gasteiger partial charge is 0.456 e. The summed E-state index contributed by atoms with van der Waals surface area (Å²) in [5.41, 5.74) is 4.68. The van der Waals surface area contributed by atoms with Gasteiger partial charge in [0.25, 0.3) is 0 Å². The molecule has 1 aliphatic rings. The van der Waals surface area contributed by atoms with Gasteiger partial charge < -0.3 is 14.1 Å². The fraction of sp³-hybridized carbons (Fsp3) is 0. The Morgan fingerprint density at radius 3 is 2.39 bits per heavy atom. The van der Waals surface area contributed by atoms with Crippen LogP contribution in [-0.2, 0) is 0 Å². The first-order valence-electron chi connectivity index (χ1n) is 9.06. The van der Waals surface area contributed by atoms with E-state index in [2.05, 4.69) is 35.2 Å². The number of nitrogens with zero attached hydrogens (tertiary/aromatic N) is 1. The number of ether oxygens (including phenoxy) is 1. The molecule has 1 aliphatic heterocycles. The Balaban J connectivity index is 1.61. The van der Waals surface area contributed by atoms with E-state index in [0.717, 1.165) is 50.5 Å². The monoisotopic (exact) mass is 383 g/mol. The maximum Gasteiger partial charge on any atom is 0.153 e. The van der Waals surface area contributed by atoms with Crippen LogP contribution in [0.25, 0.3) is 21.9 Å². The number of rotatable bonds is 1. The average Bonchev–Trinajstić information content (AvgIpc) is 3.09. The van der Waals surface area contributed by atoms with Crippen LogP contribution in [0.2, 0.25) is 5.02 Å². The minimum atomic E-state index is 0.644. The zero-order valence-corrected chi connectivity index (χ0v) is 15.5. The van der Waals surface area contributed by atoms with Gasteiger partial charge in [0, 0.05) is 27.9 Å². The van der Waals surface area contributed by atoms with Gasteiger partial charge in [0.2, 0.25) is 0 Å². The number of hydrogen-bond acceptors (Lipinski definition) is 3. The summed E-state index contributed by atoms with van der Waals surface area (Å²) in [6.07, 6.45) is 0. The predicted octanol–water partition coefficient (Wildman–Crippen LogP) is 7.81. The van der Waals surface area contributed by atoms with E-state index in [-0.39, 0.29) is 0 Å². The smallest absolute Gasteiger partial charge is 0.153 e. The van der Waals surface area contributed by atoms with Crippen molar-refractivity contribution in [1.82, 2.24) is 0 Å². The normalized spacial score (nSPS) is 12.7. The Bertz CT molecular complexity index is 1370. The molecule has 6 rings (SSSR count). The first-order chi connectivity index (χ1) is 13.8. The molecule has 0 unspecified atom stereocenters. The highest BCUT2D eigenvalue weighted by atomic mass is 35.5. The van der Waals surface area contributed by atoms with Crippen molar-refractivity contribution in [1.29, 1.82) is 0 Å². The van der Waals surface area contributed by atoms with Crippen molar-refractivity contribution in [3.63, 3.8) is 0 Å². The molecule has 0 spiro atoms. The van der Waals surface area contributed by atoms with Crippen LogP contribution in [0.15, 0.2) is 89.3 Å². The number of benzene rings is 4. The van der Waals surface area contributed by atoms with E-state index in [1.54, 1.807) is 0 Å². The lowest BCUT2D eigenvalue weighted by atomic mass is 10.1. The highest BCUT2D eigenvalue weighted by Crippen LogP contribution is 2.51. The molecule has 0 aliphatic carbocycles. The number of halogens is 1. The zero-order chi connectivity index (χ0) is 18.7. The van der Waals surface area contributed by atoms with E-state index in [0.29, 0.717) is 5.02 Å². The highest BCUT2D eigenvalue weighted by Gasteiger charge is 2.26. The van der Waals surface area contributed by atoms with Crippen LogP contribution in [0.5, 0.6) is 11.5 Å². The first kappa shape index (κ1) is 15.6. The summed E-state index contributed by atoms with van der Waals surface area (Å²) >= 11 is 6.21. The van der Waals surface area contributed by atoms with Gasteiger partial charge in [-0.05, 0) is 42.5 Å². The second kappa shape index (κ2) is 5.78. The maximum absolute atomic E-state index is 6.21. The quantitative estimate of drug-likeness (QED) is 0.289. The van der Waals surface area contributed by atoms with Gasteiger partial charge in [0.05, 0.1) is 17.1 Å². The van der Waals surface area contributed by atoms with Crippen LogP contribution in [0.1, 0.15) is 0 Å². The topological polar surface area (TPSA) is 25.6 Å². The average molecular weight is 384 g/mol. The summed E-state index contributed by atoms with van der Waals surface area (Å²) in [5, 5.41) is 2.88. The van der Waals surface area contributed by atoms with Gasteiger partial charge in [-0.25, -0.2) is 0 Å². The molecule has 0 saturated carbocycles. The standard InChI is InChI=1S/C24H14ClNO2/c25-15-9-12-20-24(13-15)28-22-8-4-2-6-19(22)26(20)16-10-11-18-17-5-1-3-7-21(17)27-23(18)14-16/h1-14H. The van der Waals surface area contributed by atoms with Crippen LogP contribution in [0.3, 0.4) is 0 Å². The Morgan fingerprint density at radius 2 is 1.43 bits per heavy atom. The van der Waals surface area contributed by atoms with Gasteiger partial charge in [-0.2, -0.15) is 0 Å². The van der Waals surface area contributed by atoms with Crippen molar-refractivity contribution < 1.29 is 9.15 Å². The third-order valence-electron chi connectivity index (χ3n) is 5.11. The second-order valence-electron chi connectivity index (χ2n) is 6.80. The fourth-order valence-electron chi connectivity index (χ4n) is 3.86. The molecule has 0 bridgehead atoms. The Morgan fingerprint density at radius 1 is 0.643 bits per heavy atom. The molecule has 28 heavy (non-hydrogen) atoms. The Kier molecular flexibility index (Phi) is 3.22. The van der Waals surface area contributed by atoms with Crippen LogP contribution >= 0.6 is 11.6 Å². The third-order valence-corrected chi connectivity index (χ3v) is 5.34. The molecule has 0 N–H and O–H groups in total. The molecule has 5 aromatic rings. The second-order valence-corrected chi connectivity index (χ2v) is 7.23. The van der Waals surface area contributed by atoms with Gasteiger partial charge in [-0.15, -0.1) is 0 Å². The van der Waals surface area contributed by atoms with Crippen molar-refractivity contribution in [3.05, 3.63) is 90.0 Å². The summed E-state index contributed by atoms with van der Waals surface area (Å²) in [7, 11) is 0. The molecule has 0 fully saturated rings. The molecule has 2 heterocycles. The van der Waals surface area contributed by atoms with E-state index in [4.69, 9.17) is 20.8 Å².